The molecule has 0 aliphatic rings. The zero-order valence-electron chi connectivity index (χ0n) is 9.09. The van der Waals surface area contributed by atoms with Crippen molar-refractivity contribution in [3.05, 3.63) is 29.8 Å². The summed E-state index contributed by atoms with van der Waals surface area (Å²) in [7, 11) is 0. The molecule has 78 valence electrons. The van der Waals surface area contributed by atoms with Crippen LogP contribution in [0.4, 0.5) is 5.69 Å². The zero-order valence-corrected chi connectivity index (χ0v) is 9.09. The summed E-state index contributed by atoms with van der Waals surface area (Å²) in [6, 6.07) is 8.84. The van der Waals surface area contributed by atoms with E-state index in [9.17, 15) is 0 Å². The van der Waals surface area contributed by atoms with E-state index in [1.165, 1.54) is 17.7 Å². The first-order valence-corrected chi connectivity index (χ1v) is 5.29. The van der Waals surface area contributed by atoms with Gasteiger partial charge in [-0.25, -0.2) is 0 Å². The molecule has 14 heavy (non-hydrogen) atoms. The monoisotopic (exact) mass is 192 g/mol. The lowest BCUT2D eigenvalue weighted by Gasteiger charge is -2.17. The summed E-state index contributed by atoms with van der Waals surface area (Å²) in [6.45, 7) is 4.97. The van der Waals surface area contributed by atoms with E-state index in [2.05, 4.69) is 43.4 Å². The van der Waals surface area contributed by atoms with Gasteiger partial charge in [-0.3, -0.25) is 0 Å². The van der Waals surface area contributed by atoms with E-state index >= 15 is 0 Å². The average molecular weight is 192 g/mol. The molecular formula is C12H20N2. The highest BCUT2D eigenvalue weighted by Crippen LogP contribution is 2.11. The number of nitrogens with one attached hydrogen (secondary N) is 1. The number of hydrogen-bond donors (Lipinski definition) is 2. The zero-order chi connectivity index (χ0) is 10.4. The molecule has 2 heteroatoms. The van der Waals surface area contributed by atoms with Crippen molar-refractivity contribution in [2.75, 3.05) is 11.9 Å². The van der Waals surface area contributed by atoms with Gasteiger partial charge in [0.15, 0.2) is 0 Å². The van der Waals surface area contributed by atoms with Crippen molar-refractivity contribution in [1.29, 1.82) is 0 Å². The maximum atomic E-state index is 5.67. The Balaban J connectivity index is 2.53. The third-order valence-corrected chi connectivity index (χ3v) is 2.34. The summed E-state index contributed by atoms with van der Waals surface area (Å²) in [5.41, 5.74) is 8.13. The Hall–Kier alpha value is -1.02. The Labute approximate surface area is 86.5 Å². The minimum atomic E-state index is 0.405. The predicted octanol–water partition coefficient (Wildman–Crippen LogP) is 2.53. The van der Waals surface area contributed by atoms with Gasteiger partial charge >= 0.3 is 0 Å². The van der Waals surface area contributed by atoms with Gasteiger partial charge in [-0.15, -0.1) is 0 Å². The van der Waals surface area contributed by atoms with Crippen LogP contribution in [-0.4, -0.2) is 12.6 Å². The van der Waals surface area contributed by atoms with Crippen molar-refractivity contribution < 1.29 is 0 Å². The fraction of sp³-hybridized carbons (Fsp3) is 0.500. The topological polar surface area (TPSA) is 38.0 Å². The molecule has 0 unspecified atom stereocenters. The summed E-state index contributed by atoms with van der Waals surface area (Å²) in [6.07, 6.45) is 2.30. The van der Waals surface area contributed by atoms with E-state index in [1.807, 2.05) is 0 Å². The lowest BCUT2D eigenvalue weighted by atomic mass is 10.1. The maximum absolute atomic E-state index is 5.67. The van der Waals surface area contributed by atoms with Crippen molar-refractivity contribution in [2.24, 2.45) is 5.73 Å². The predicted molar refractivity (Wildman–Crippen MR) is 62.6 cm³/mol. The Kier molecular flexibility index (Phi) is 4.47. The standard InChI is InChI=1S/C12H20N2/c1-3-4-12(9-13)14-11-7-5-10(2)6-8-11/h5-8,12,14H,3-4,9,13H2,1-2H3/t12-/m0/s1. The van der Waals surface area contributed by atoms with Gasteiger partial charge in [0.1, 0.15) is 0 Å². The largest absolute Gasteiger partial charge is 0.381 e. The van der Waals surface area contributed by atoms with Gasteiger partial charge in [0, 0.05) is 18.3 Å². The summed E-state index contributed by atoms with van der Waals surface area (Å²) < 4.78 is 0. The fourth-order valence-corrected chi connectivity index (χ4v) is 1.48. The molecule has 0 fully saturated rings. The van der Waals surface area contributed by atoms with Crippen molar-refractivity contribution in [1.82, 2.24) is 0 Å². The van der Waals surface area contributed by atoms with Gasteiger partial charge in [-0.05, 0) is 25.5 Å². The molecule has 1 aromatic rings. The lowest BCUT2D eigenvalue weighted by molar-refractivity contribution is 0.648. The van der Waals surface area contributed by atoms with Crippen LogP contribution < -0.4 is 11.1 Å². The molecule has 0 radical (unpaired) electrons. The van der Waals surface area contributed by atoms with Crippen LogP contribution >= 0.6 is 0 Å². The molecule has 1 rings (SSSR count). The first kappa shape index (κ1) is 11.1. The van der Waals surface area contributed by atoms with E-state index in [0.717, 1.165) is 6.42 Å². The number of hydrogen-bond acceptors (Lipinski definition) is 2. The Morgan fingerprint density at radius 3 is 2.43 bits per heavy atom. The normalized spacial score (nSPS) is 12.5. The van der Waals surface area contributed by atoms with Gasteiger partial charge < -0.3 is 11.1 Å². The van der Waals surface area contributed by atoms with Gasteiger partial charge in [0.25, 0.3) is 0 Å². The van der Waals surface area contributed by atoms with Crippen molar-refractivity contribution in [3.63, 3.8) is 0 Å². The number of benzene rings is 1. The molecule has 2 nitrogen and oxygen atoms in total. The Bertz CT molecular complexity index is 254. The third kappa shape index (κ3) is 3.38. The van der Waals surface area contributed by atoms with E-state index in [1.54, 1.807) is 0 Å². The second kappa shape index (κ2) is 5.66. The van der Waals surface area contributed by atoms with Gasteiger partial charge in [-0.1, -0.05) is 31.0 Å². The minimum absolute atomic E-state index is 0.405. The van der Waals surface area contributed by atoms with Crippen molar-refractivity contribution >= 4 is 5.69 Å². The van der Waals surface area contributed by atoms with Crippen LogP contribution in [0.15, 0.2) is 24.3 Å². The molecule has 0 saturated heterocycles. The van der Waals surface area contributed by atoms with E-state index in [4.69, 9.17) is 5.73 Å². The molecule has 1 atom stereocenters. The summed E-state index contributed by atoms with van der Waals surface area (Å²) in [5.74, 6) is 0. The third-order valence-electron chi connectivity index (χ3n) is 2.34. The second-order valence-corrected chi connectivity index (χ2v) is 3.73. The molecule has 0 heterocycles. The van der Waals surface area contributed by atoms with Gasteiger partial charge in [-0.2, -0.15) is 0 Å². The minimum Gasteiger partial charge on any atom is -0.381 e. The molecule has 0 amide bonds. The highest BCUT2D eigenvalue weighted by Gasteiger charge is 2.03. The van der Waals surface area contributed by atoms with Crippen molar-refractivity contribution in [2.45, 2.75) is 32.7 Å². The van der Waals surface area contributed by atoms with E-state index in [0.29, 0.717) is 12.6 Å². The molecule has 0 aromatic heterocycles. The van der Waals surface area contributed by atoms with Crippen molar-refractivity contribution in [3.8, 4) is 0 Å². The van der Waals surface area contributed by atoms with Gasteiger partial charge in [0.2, 0.25) is 0 Å². The van der Waals surface area contributed by atoms with Crippen LogP contribution in [0.3, 0.4) is 0 Å². The highest BCUT2D eigenvalue weighted by molar-refractivity contribution is 5.45. The molecule has 1 aromatic carbocycles. The highest BCUT2D eigenvalue weighted by atomic mass is 14.9. The molecule has 0 spiro atoms. The number of nitrogens with two attached hydrogens (primary N) is 1. The summed E-state index contributed by atoms with van der Waals surface area (Å²) >= 11 is 0. The van der Waals surface area contributed by atoms with Crippen LogP contribution in [0.5, 0.6) is 0 Å². The van der Waals surface area contributed by atoms with Crippen LogP contribution in [0.1, 0.15) is 25.3 Å². The first-order chi connectivity index (χ1) is 6.76. The quantitative estimate of drug-likeness (QED) is 0.752. The molecule has 0 saturated carbocycles. The molecule has 0 aliphatic carbocycles. The SMILES string of the molecule is CCC[C@@H](CN)Nc1ccc(C)cc1. The second-order valence-electron chi connectivity index (χ2n) is 3.73. The number of rotatable bonds is 5. The van der Waals surface area contributed by atoms with Crippen LogP contribution in [0, 0.1) is 6.92 Å². The first-order valence-electron chi connectivity index (χ1n) is 5.29. The fourth-order valence-electron chi connectivity index (χ4n) is 1.48. The summed E-state index contributed by atoms with van der Waals surface area (Å²) in [5, 5.41) is 3.43. The summed E-state index contributed by atoms with van der Waals surface area (Å²) in [4.78, 5) is 0. The van der Waals surface area contributed by atoms with E-state index < -0.39 is 0 Å². The van der Waals surface area contributed by atoms with Gasteiger partial charge in [0.05, 0.1) is 0 Å². The number of aryl methyl sites for hydroxylation is 1. The molecule has 0 bridgehead atoms. The maximum Gasteiger partial charge on any atom is 0.0383 e. The molecule has 3 N–H and O–H groups in total. The number of anilines is 1. The van der Waals surface area contributed by atoms with Crippen LogP contribution in [0.25, 0.3) is 0 Å². The van der Waals surface area contributed by atoms with E-state index in [-0.39, 0.29) is 0 Å². The van der Waals surface area contributed by atoms with Crippen LogP contribution in [0.2, 0.25) is 0 Å². The Morgan fingerprint density at radius 1 is 1.29 bits per heavy atom. The Morgan fingerprint density at radius 2 is 1.93 bits per heavy atom. The molecule has 0 aliphatic heterocycles. The van der Waals surface area contributed by atoms with Crippen LogP contribution in [-0.2, 0) is 0 Å². The average Bonchev–Trinajstić information content (AvgIpc) is 2.20. The lowest BCUT2D eigenvalue weighted by Crippen LogP contribution is -2.28. The molecular weight excluding hydrogens is 172 g/mol. The smallest absolute Gasteiger partial charge is 0.0383 e.